The van der Waals surface area contributed by atoms with Gasteiger partial charge in [-0.05, 0) is 24.3 Å². The highest BCUT2D eigenvalue weighted by atomic mass is 32.2. The van der Waals surface area contributed by atoms with Gasteiger partial charge in [-0.25, -0.2) is 4.79 Å². The van der Waals surface area contributed by atoms with E-state index in [0.29, 0.717) is 0 Å². The second-order valence-corrected chi connectivity index (χ2v) is 3.55. The highest BCUT2D eigenvalue weighted by molar-refractivity contribution is 7.85. The van der Waals surface area contributed by atoms with Gasteiger partial charge in [0.1, 0.15) is 5.75 Å². The predicted molar refractivity (Wildman–Crippen MR) is 42.6 cm³/mol. The van der Waals surface area contributed by atoms with Gasteiger partial charge in [0.25, 0.3) is 10.1 Å². The summed E-state index contributed by atoms with van der Waals surface area (Å²) in [5.74, 6) is 0.155. The average Bonchev–Trinajstić information content (AvgIpc) is 2.04. The topological polar surface area (TPSA) is 80.7 Å². The lowest BCUT2D eigenvalue weighted by Gasteiger charge is -1.97. The summed E-state index contributed by atoms with van der Waals surface area (Å²) >= 11 is 0. The van der Waals surface area contributed by atoms with E-state index < -0.39 is 10.1 Å². The predicted octanol–water partition coefficient (Wildman–Crippen LogP) is 0.379. The molecule has 1 N–H and O–H groups in total. The number of benzene rings is 1. The molecular formula is C7H5O5S. The van der Waals surface area contributed by atoms with Crippen LogP contribution in [0.4, 0.5) is 0 Å². The summed E-state index contributed by atoms with van der Waals surface area (Å²) in [6.07, 6.45) is 0. The molecule has 0 saturated carbocycles. The second-order valence-electron chi connectivity index (χ2n) is 2.13. The molecular weight excluding hydrogens is 196 g/mol. The van der Waals surface area contributed by atoms with Crippen molar-refractivity contribution in [3.8, 4) is 5.75 Å². The fourth-order valence-corrected chi connectivity index (χ4v) is 1.21. The van der Waals surface area contributed by atoms with Gasteiger partial charge in [-0.2, -0.15) is 8.42 Å². The number of hydrogen-bond acceptors (Lipinski definition) is 4. The van der Waals surface area contributed by atoms with Crippen molar-refractivity contribution in [2.75, 3.05) is 0 Å². The summed E-state index contributed by atoms with van der Waals surface area (Å²) in [4.78, 5) is 9.48. The van der Waals surface area contributed by atoms with Crippen LogP contribution in [-0.4, -0.2) is 19.4 Å². The molecule has 1 aromatic rings. The Bertz CT molecular complexity index is 391. The molecule has 0 unspecified atom stereocenters. The van der Waals surface area contributed by atoms with Gasteiger partial charge in [0.2, 0.25) is 0 Å². The summed E-state index contributed by atoms with van der Waals surface area (Å²) in [5.41, 5.74) is 0. The summed E-state index contributed by atoms with van der Waals surface area (Å²) in [7, 11) is -4.19. The largest absolute Gasteiger partial charge is 0.423 e. The maximum atomic E-state index is 10.5. The Hall–Kier alpha value is -1.40. The van der Waals surface area contributed by atoms with Crippen LogP contribution in [-0.2, 0) is 14.9 Å². The molecule has 0 fully saturated rings. The molecule has 5 nitrogen and oxygen atoms in total. The summed E-state index contributed by atoms with van der Waals surface area (Å²) in [6.45, 7) is 1.18. The van der Waals surface area contributed by atoms with Crippen LogP contribution in [0.5, 0.6) is 5.75 Å². The van der Waals surface area contributed by atoms with Gasteiger partial charge in [0.15, 0.2) is 0 Å². The Morgan fingerprint density at radius 3 is 2.15 bits per heavy atom. The van der Waals surface area contributed by atoms with Crippen LogP contribution in [0.3, 0.4) is 0 Å². The molecule has 0 bridgehead atoms. The van der Waals surface area contributed by atoms with E-state index in [1.54, 1.807) is 0 Å². The van der Waals surface area contributed by atoms with Crippen molar-refractivity contribution in [3.63, 3.8) is 0 Å². The van der Waals surface area contributed by atoms with Gasteiger partial charge >= 0.3 is 6.47 Å². The highest BCUT2D eigenvalue weighted by Gasteiger charge is 2.08. The van der Waals surface area contributed by atoms with Crippen molar-refractivity contribution in [1.29, 1.82) is 0 Å². The maximum absolute atomic E-state index is 10.5. The Balaban J connectivity index is 3.01. The number of rotatable bonds is 3. The van der Waals surface area contributed by atoms with Gasteiger partial charge < -0.3 is 4.74 Å². The van der Waals surface area contributed by atoms with Crippen molar-refractivity contribution in [1.82, 2.24) is 0 Å². The number of carbonyl (C=O) groups excluding carboxylic acids is 1. The standard InChI is InChI=1S/C7H5O5S/c8-5-12-6-1-3-7(4-2-6)13(9,10)11/h1-4H,(H,9,10,11). The van der Waals surface area contributed by atoms with Gasteiger partial charge in [-0.15, -0.1) is 0 Å². The van der Waals surface area contributed by atoms with E-state index in [2.05, 4.69) is 4.74 Å². The van der Waals surface area contributed by atoms with Crippen LogP contribution in [0.2, 0.25) is 0 Å². The molecule has 0 atom stereocenters. The lowest BCUT2D eigenvalue weighted by molar-refractivity contribution is 0.442. The summed E-state index contributed by atoms with van der Waals surface area (Å²) in [6, 6.07) is 4.69. The fraction of sp³-hybridized carbons (Fsp3) is 0. The quantitative estimate of drug-likeness (QED) is 0.715. The average molecular weight is 201 g/mol. The zero-order valence-corrected chi connectivity index (χ0v) is 7.11. The van der Waals surface area contributed by atoms with Gasteiger partial charge in [0.05, 0.1) is 4.90 Å². The van der Waals surface area contributed by atoms with Gasteiger partial charge in [0, 0.05) is 0 Å². The van der Waals surface area contributed by atoms with E-state index in [1.165, 1.54) is 18.6 Å². The molecule has 0 heterocycles. The molecule has 1 radical (unpaired) electrons. The Kier molecular flexibility index (Phi) is 2.64. The Morgan fingerprint density at radius 2 is 1.77 bits per heavy atom. The summed E-state index contributed by atoms with van der Waals surface area (Å²) < 4.78 is 33.9. The lowest BCUT2D eigenvalue weighted by Crippen LogP contribution is -1.97. The number of hydrogen-bond donors (Lipinski definition) is 1. The third-order valence-electron chi connectivity index (χ3n) is 1.28. The first-order valence-corrected chi connectivity index (χ1v) is 4.59. The molecule has 0 saturated heterocycles. The fourth-order valence-electron chi connectivity index (χ4n) is 0.728. The minimum atomic E-state index is -4.19. The van der Waals surface area contributed by atoms with Gasteiger partial charge in [-0.1, -0.05) is 0 Å². The van der Waals surface area contributed by atoms with Crippen LogP contribution < -0.4 is 4.74 Å². The molecule has 0 spiro atoms. The molecule has 0 aliphatic heterocycles. The third-order valence-corrected chi connectivity index (χ3v) is 2.15. The zero-order chi connectivity index (χ0) is 9.90. The minimum Gasteiger partial charge on any atom is -0.418 e. The molecule has 6 heteroatoms. The van der Waals surface area contributed by atoms with Crippen LogP contribution in [0.1, 0.15) is 0 Å². The number of ether oxygens (including phenoxy) is 1. The van der Waals surface area contributed by atoms with Crippen LogP contribution in [0.25, 0.3) is 0 Å². The normalized spacial score (nSPS) is 10.8. The molecule has 1 aromatic carbocycles. The maximum Gasteiger partial charge on any atom is 0.423 e. The van der Waals surface area contributed by atoms with E-state index in [1.807, 2.05) is 0 Å². The monoisotopic (exact) mass is 201 g/mol. The Morgan fingerprint density at radius 1 is 1.23 bits per heavy atom. The van der Waals surface area contributed by atoms with E-state index in [-0.39, 0.29) is 10.6 Å². The first-order valence-electron chi connectivity index (χ1n) is 3.15. The second kappa shape index (κ2) is 3.55. The first kappa shape index (κ1) is 9.69. The SMILES string of the molecule is O=[C]Oc1ccc(S(=O)(=O)O)cc1. The Labute approximate surface area is 74.7 Å². The van der Waals surface area contributed by atoms with Crippen LogP contribution >= 0.6 is 0 Å². The third kappa shape index (κ3) is 2.53. The van der Waals surface area contributed by atoms with Crippen molar-refractivity contribution in [2.24, 2.45) is 0 Å². The van der Waals surface area contributed by atoms with Crippen molar-refractivity contribution in [2.45, 2.75) is 4.90 Å². The van der Waals surface area contributed by atoms with E-state index >= 15 is 0 Å². The molecule has 0 aliphatic rings. The molecule has 0 aliphatic carbocycles. The zero-order valence-electron chi connectivity index (χ0n) is 6.30. The van der Waals surface area contributed by atoms with Crippen molar-refractivity contribution >= 4 is 16.6 Å². The molecule has 0 aromatic heterocycles. The van der Waals surface area contributed by atoms with Crippen LogP contribution in [0.15, 0.2) is 29.2 Å². The van der Waals surface area contributed by atoms with Gasteiger partial charge in [-0.3, -0.25) is 4.55 Å². The molecule has 1 rings (SSSR count). The molecule has 69 valence electrons. The smallest absolute Gasteiger partial charge is 0.418 e. The van der Waals surface area contributed by atoms with E-state index in [0.717, 1.165) is 12.1 Å². The molecule has 0 amide bonds. The summed E-state index contributed by atoms with van der Waals surface area (Å²) in [5, 5.41) is 0. The van der Waals surface area contributed by atoms with E-state index in [4.69, 9.17) is 4.55 Å². The first-order chi connectivity index (χ1) is 6.04. The van der Waals surface area contributed by atoms with Crippen molar-refractivity contribution < 1.29 is 22.5 Å². The lowest BCUT2D eigenvalue weighted by atomic mass is 10.3. The van der Waals surface area contributed by atoms with Crippen molar-refractivity contribution in [3.05, 3.63) is 24.3 Å². The van der Waals surface area contributed by atoms with E-state index in [9.17, 15) is 13.2 Å². The van der Waals surface area contributed by atoms with Crippen LogP contribution in [0, 0.1) is 0 Å². The molecule has 13 heavy (non-hydrogen) atoms. The highest BCUT2D eigenvalue weighted by Crippen LogP contribution is 2.14. The minimum absolute atomic E-state index is 0.155.